The monoisotopic (exact) mass is 297 g/mol. The highest BCUT2D eigenvalue weighted by Gasteiger charge is 2.27. The molecule has 1 saturated carbocycles. The van der Waals surface area contributed by atoms with E-state index in [2.05, 4.69) is 21.9 Å². The molecular weight excluding hydrogens is 274 g/mol. The summed E-state index contributed by atoms with van der Waals surface area (Å²) in [6.45, 7) is 5.76. The minimum absolute atomic E-state index is 0.0539. The zero-order valence-electron chi connectivity index (χ0n) is 12.1. The Bertz CT molecular complexity index is 528. The summed E-state index contributed by atoms with van der Waals surface area (Å²) >= 11 is 0. The van der Waals surface area contributed by atoms with Crippen molar-refractivity contribution in [2.45, 2.75) is 50.7 Å². The number of sulfonamides is 1. The van der Waals surface area contributed by atoms with Gasteiger partial charge in [0.25, 0.3) is 10.0 Å². The average Bonchev–Trinajstić information content (AvgIpc) is 2.81. The van der Waals surface area contributed by atoms with E-state index in [-0.39, 0.29) is 11.1 Å². The zero-order valence-corrected chi connectivity index (χ0v) is 12.9. The normalized spacial score (nSPS) is 23.1. The molecule has 2 rings (SSSR count). The van der Waals surface area contributed by atoms with Crippen molar-refractivity contribution in [1.82, 2.24) is 15.0 Å². The van der Waals surface area contributed by atoms with Crippen LogP contribution in [0.15, 0.2) is 23.4 Å². The highest BCUT2D eigenvalue weighted by Crippen LogP contribution is 2.25. The maximum absolute atomic E-state index is 12.2. The first-order chi connectivity index (χ1) is 9.51. The molecule has 1 aromatic rings. The van der Waals surface area contributed by atoms with Crippen molar-refractivity contribution >= 4 is 10.0 Å². The molecule has 0 bridgehead atoms. The van der Waals surface area contributed by atoms with Gasteiger partial charge in [-0.1, -0.05) is 19.9 Å². The Labute approximate surface area is 121 Å². The van der Waals surface area contributed by atoms with Gasteiger partial charge in [-0.05, 0) is 43.4 Å². The molecule has 1 aliphatic rings. The summed E-state index contributed by atoms with van der Waals surface area (Å²) in [5.41, 5.74) is 0.986. The smallest absolute Gasteiger partial charge is 0.258 e. The van der Waals surface area contributed by atoms with Crippen molar-refractivity contribution in [3.63, 3.8) is 0 Å². The maximum Gasteiger partial charge on any atom is 0.258 e. The summed E-state index contributed by atoms with van der Waals surface area (Å²) in [7, 11) is -3.49. The predicted octanol–water partition coefficient (Wildman–Crippen LogP) is 1.66. The summed E-state index contributed by atoms with van der Waals surface area (Å²) in [5.74, 6) is 0.596. The fourth-order valence-electron chi connectivity index (χ4n) is 2.54. The van der Waals surface area contributed by atoms with Crippen LogP contribution in [0.2, 0.25) is 0 Å². The second-order valence-corrected chi connectivity index (χ2v) is 7.18. The van der Waals surface area contributed by atoms with Gasteiger partial charge < -0.3 is 5.32 Å². The van der Waals surface area contributed by atoms with E-state index in [0.29, 0.717) is 12.5 Å². The Hall–Kier alpha value is -0.980. The molecule has 1 aliphatic carbocycles. The Balaban J connectivity index is 2.01. The number of rotatable bonds is 6. The first kappa shape index (κ1) is 15.4. The van der Waals surface area contributed by atoms with E-state index in [1.165, 1.54) is 0 Å². The van der Waals surface area contributed by atoms with Gasteiger partial charge in [0, 0.05) is 18.8 Å². The van der Waals surface area contributed by atoms with E-state index >= 15 is 0 Å². The number of nitrogens with one attached hydrogen (secondary N) is 2. The Morgan fingerprint density at radius 3 is 2.70 bits per heavy atom. The number of aromatic nitrogens is 1. The van der Waals surface area contributed by atoms with Crippen LogP contribution in [0.3, 0.4) is 0 Å². The summed E-state index contributed by atoms with van der Waals surface area (Å²) in [4.78, 5) is 4.07. The van der Waals surface area contributed by atoms with Crippen LogP contribution in [0, 0.1) is 5.92 Å². The molecule has 0 radical (unpaired) electrons. The molecule has 2 atom stereocenters. The summed E-state index contributed by atoms with van der Waals surface area (Å²) < 4.78 is 27.2. The molecule has 20 heavy (non-hydrogen) atoms. The van der Waals surface area contributed by atoms with E-state index in [1.807, 2.05) is 13.0 Å². The molecule has 0 aliphatic heterocycles. The lowest BCUT2D eigenvalue weighted by atomic mass is 10.1. The second-order valence-electron chi connectivity index (χ2n) is 5.52. The van der Waals surface area contributed by atoms with Crippen LogP contribution in [0.25, 0.3) is 0 Å². The van der Waals surface area contributed by atoms with Gasteiger partial charge in [0.15, 0.2) is 5.03 Å². The summed E-state index contributed by atoms with van der Waals surface area (Å²) in [5, 5.41) is 3.29. The molecule has 2 unspecified atom stereocenters. The topological polar surface area (TPSA) is 71.1 Å². The van der Waals surface area contributed by atoms with E-state index in [4.69, 9.17) is 0 Å². The lowest BCUT2D eigenvalue weighted by Crippen LogP contribution is -2.33. The van der Waals surface area contributed by atoms with Gasteiger partial charge >= 0.3 is 0 Å². The molecule has 0 spiro atoms. The van der Waals surface area contributed by atoms with Crippen LogP contribution in [0.5, 0.6) is 0 Å². The molecule has 1 fully saturated rings. The third-order valence-corrected chi connectivity index (χ3v) is 5.10. The van der Waals surface area contributed by atoms with E-state index in [1.54, 1.807) is 12.3 Å². The first-order valence-corrected chi connectivity index (χ1v) is 8.67. The third-order valence-electron chi connectivity index (χ3n) is 3.67. The van der Waals surface area contributed by atoms with Crippen LogP contribution in [0.1, 0.15) is 38.7 Å². The minimum atomic E-state index is -3.49. The van der Waals surface area contributed by atoms with Crippen molar-refractivity contribution < 1.29 is 8.42 Å². The number of pyridine rings is 1. The second kappa shape index (κ2) is 6.65. The van der Waals surface area contributed by atoms with Crippen LogP contribution in [-0.2, 0) is 16.6 Å². The van der Waals surface area contributed by atoms with Gasteiger partial charge in [-0.25, -0.2) is 18.1 Å². The van der Waals surface area contributed by atoms with Gasteiger partial charge in [-0.3, -0.25) is 0 Å². The largest absolute Gasteiger partial charge is 0.313 e. The minimum Gasteiger partial charge on any atom is -0.313 e. The molecule has 2 N–H and O–H groups in total. The van der Waals surface area contributed by atoms with Crippen LogP contribution in [0.4, 0.5) is 0 Å². The molecule has 1 aromatic heterocycles. The fraction of sp³-hybridized carbons (Fsp3) is 0.643. The third kappa shape index (κ3) is 4.01. The lowest BCUT2D eigenvalue weighted by Gasteiger charge is -2.12. The highest BCUT2D eigenvalue weighted by atomic mass is 32.2. The maximum atomic E-state index is 12.2. The quantitative estimate of drug-likeness (QED) is 0.837. The molecular formula is C14H23N3O2S. The standard InChI is InChI=1S/C14H23N3O2S/c1-3-15-9-12-5-7-14(16-10-12)20(18,19)17-13-6-4-11(2)8-13/h5,7,10-11,13,15,17H,3-4,6,8-9H2,1-2H3. The van der Waals surface area contributed by atoms with E-state index < -0.39 is 10.0 Å². The van der Waals surface area contributed by atoms with Gasteiger partial charge in [0.2, 0.25) is 0 Å². The van der Waals surface area contributed by atoms with Crippen LogP contribution in [-0.4, -0.2) is 26.0 Å². The SMILES string of the molecule is CCNCc1ccc(S(=O)(=O)NC2CCC(C)C2)nc1. The molecule has 112 valence electrons. The molecule has 0 aromatic carbocycles. The predicted molar refractivity (Wildman–Crippen MR) is 78.7 cm³/mol. The van der Waals surface area contributed by atoms with Gasteiger partial charge in [-0.15, -0.1) is 0 Å². The highest BCUT2D eigenvalue weighted by molar-refractivity contribution is 7.89. The molecule has 6 heteroatoms. The summed E-state index contributed by atoms with van der Waals surface area (Å²) in [6.07, 6.45) is 4.54. The van der Waals surface area contributed by atoms with Gasteiger partial charge in [-0.2, -0.15) is 0 Å². The number of nitrogens with zero attached hydrogens (tertiary/aromatic N) is 1. The van der Waals surface area contributed by atoms with Gasteiger partial charge in [0.05, 0.1) is 0 Å². The van der Waals surface area contributed by atoms with E-state index in [0.717, 1.165) is 31.4 Å². The number of hydrogen-bond acceptors (Lipinski definition) is 4. The molecule has 5 nitrogen and oxygen atoms in total. The van der Waals surface area contributed by atoms with Crippen molar-refractivity contribution in [1.29, 1.82) is 0 Å². The Kier molecular flexibility index (Phi) is 5.12. The first-order valence-electron chi connectivity index (χ1n) is 7.19. The zero-order chi connectivity index (χ0) is 14.6. The average molecular weight is 297 g/mol. The summed E-state index contributed by atoms with van der Waals surface area (Å²) in [6, 6.07) is 3.44. The van der Waals surface area contributed by atoms with Crippen molar-refractivity contribution in [3.8, 4) is 0 Å². The van der Waals surface area contributed by atoms with Crippen LogP contribution >= 0.6 is 0 Å². The Morgan fingerprint density at radius 1 is 1.35 bits per heavy atom. The molecule has 0 amide bonds. The fourth-order valence-corrected chi connectivity index (χ4v) is 3.75. The lowest BCUT2D eigenvalue weighted by molar-refractivity contribution is 0.536. The van der Waals surface area contributed by atoms with Crippen molar-refractivity contribution in [2.75, 3.05) is 6.54 Å². The molecule has 0 saturated heterocycles. The number of hydrogen-bond donors (Lipinski definition) is 2. The Morgan fingerprint density at radius 2 is 2.15 bits per heavy atom. The van der Waals surface area contributed by atoms with Crippen molar-refractivity contribution in [2.24, 2.45) is 5.92 Å². The van der Waals surface area contributed by atoms with Gasteiger partial charge in [0.1, 0.15) is 0 Å². The van der Waals surface area contributed by atoms with Crippen LogP contribution < -0.4 is 10.0 Å². The van der Waals surface area contributed by atoms with E-state index in [9.17, 15) is 8.42 Å². The van der Waals surface area contributed by atoms with Crippen molar-refractivity contribution in [3.05, 3.63) is 23.9 Å². The molecule has 1 heterocycles.